The van der Waals surface area contributed by atoms with E-state index in [9.17, 15) is 0 Å². The van der Waals surface area contributed by atoms with E-state index in [0.29, 0.717) is 0 Å². The van der Waals surface area contributed by atoms with Gasteiger partial charge in [-0.2, -0.15) is 0 Å². The van der Waals surface area contributed by atoms with E-state index in [4.69, 9.17) is 16.3 Å². The molecule has 1 aliphatic heterocycles. The number of benzene rings is 1. The predicted octanol–water partition coefficient (Wildman–Crippen LogP) is 4.66. The van der Waals surface area contributed by atoms with E-state index in [1.807, 2.05) is 12.1 Å². The lowest BCUT2D eigenvalue weighted by Gasteiger charge is -2.34. The molecule has 2 atom stereocenters. The van der Waals surface area contributed by atoms with Gasteiger partial charge in [0.1, 0.15) is 0 Å². The maximum atomic E-state index is 5.88. The van der Waals surface area contributed by atoms with Gasteiger partial charge in [0.25, 0.3) is 0 Å². The van der Waals surface area contributed by atoms with Crippen LogP contribution < -0.4 is 0 Å². The van der Waals surface area contributed by atoms with Crippen LogP contribution in [0, 0.1) is 11.8 Å². The minimum Gasteiger partial charge on any atom is -0.381 e. The van der Waals surface area contributed by atoms with Crippen molar-refractivity contribution in [2.24, 2.45) is 11.8 Å². The summed E-state index contributed by atoms with van der Waals surface area (Å²) in [6.07, 6.45) is 4.69. The van der Waals surface area contributed by atoms with Gasteiger partial charge in [-0.05, 0) is 55.2 Å². The molecule has 0 amide bonds. The monoisotopic (exact) mass is 323 g/mol. The Morgan fingerprint density at radius 1 is 1.05 bits per heavy atom. The van der Waals surface area contributed by atoms with Crippen molar-refractivity contribution in [1.82, 2.24) is 4.90 Å². The molecule has 1 aromatic rings. The van der Waals surface area contributed by atoms with Gasteiger partial charge in [0.2, 0.25) is 0 Å². The van der Waals surface area contributed by atoms with Gasteiger partial charge in [0, 0.05) is 37.9 Å². The molecule has 0 N–H and O–H groups in total. The zero-order chi connectivity index (χ0) is 15.8. The first kappa shape index (κ1) is 17.8. The molecule has 0 unspecified atom stereocenters. The first-order valence-electron chi connectivity index (χ1n) is 8.68. The molecule has 1 fully saturated rings. The SMILES string of the molecule is C[C@@H]1C[C@@H](C)CN(CCCOCCCc2ccc(Cl)cc2)C1. The molecule has 3 heteroatoms. The van der Waals surface area contributed by atoms with E-state index in [-0.39, 0.29) is 0 Å². The van der Waals surface area contributed by atoms with Crippen LogP contribution in [-0.4, -0.2) is 37.7 Å². The summed E-state index contributed by atoms with van der Waals surface area (Å²) in [7, 11) is 0. The quantitative estimate of drug-likeness (QED) is 0.645. The van der Waals surface area contributed by atoms with Crippen LogP contribution in [-0.2, 0) is 11.2 Å². The zero-order valence-corrected chi connectivity index (χ0v) is 14.8. The number of nitrogens with zero attached hydrogens (tertiary/aromatic N) is 1. The Labute approximate surface area is 140 Å². The number of hydrogen-bond acceptors (Lipinski definition) is 2. The van der Waals surface area contributed by atoms with Crippen LogP contribution in [0.4, 0.5) is 0 Å². The minimum atomic E-state index is 0.807. The summed E-state index contributed by atoms with van der Waals surface area (Å²) in [5, 5.41) is 0.807. The molecule has 0 saturated carbocycles. The number of halogens is 1. The highest BCUT2D eigenvalue weighted by molar-refractivity contribution is 6.30. The maximum Gasteiger partial charge on any atom is 0.0478 e. The highest BCUT2D eigenvalue weighted by Gasteiger charge is 2.20. The summed E-state index contributed by atoms with van der Waals surface area (Å²) in [5.41, 5.74) is 1.34. The second-order valence-electron chi connectivity index (χ2n) is 6.90. The van der Waals surface area contributed by atoms with Crippen molar-refractivity contribution in [3.05, 3.63) is 34.9 Å². The average Bonchev–Trinajstić information content (AvgIpc) is 2.47. The number of ether oxygens (including phenoxy) is 1. The molecule has 1 aromatic carbocycles. The van der Waals surface area contributed by atoms with E-state index in [2.05, 4.69) is 30.9 Å². The van der Waals surface area contributed by atoms with Gasteiger partial charge in [0.15, 0.2) is 0 Å². The van der Waals surface area contributed by atoms with Gasteiger partial charge < -0.3 is 9.64 Å². The number of hydrogen-bond donors (Lipinski definition) is 0. The Balaban J connectivity index is 1.48. The second-order valence-corrected chi connectivity index (χ2v) is 7.34. The van der Waals surface area contributed by atoms with E-state index in [0.717, 1.165) is 49.3 Å². The molecular weight excluding hydrogens is 294 g/mol. The molecule has 0 aromatic heterocycles. The fourth-order valence-corrected chi connectivity index (χ4v) is 3.62. The average molecular weight is 324 g/mol. The van der Waals surface area contributed by atoms with Gasteiger partial charge in [0.05, 0.1) is 0 Å². The normalized spacial score (nSPS) is 22.9. The smallest absolute Gasteiger partial charge is 0.0478 e. The fourth-order valence-electron chi connectivity index (χ4n) is 3.50. The minimum absolute atomic E-state index is 0.807. The zero-order valence-electron chi connectivity index (χ0n) is 14.1. The van der Waals surface area contributed by atoms with Crippen LogP contribution >= 0.6 is 11.6 Å². The van der Waals surface area contributed by atoms with Crippen LogP contribution in [0.15, 0.2) is 24.3 Å². The van der Waals surface area contributed by atoms with Crippen molar-refractivity contribution in [1.29, 1.82) is 0 Å². The lowest BCUT2D eigenvalue weighted by atomic mass is 9.92. The van der Waals surface area contributed by atoms with Crippen molar-refractivity contribution in [2.75, 3.05) is 32.8 Å². The number of piperidine rings is 1. The van der Waals surface area contributed by atoms with Crippen molar-refractivity contribution < 1.29 is 4.74 Å². The first-order valence-corrected chi connectivity index (χ1v) is 9.06. The van der Waals surface area contributed by atoms with Crippen LogP contribution in [0.5, 0.6) is 0 Å². The topological polar surface area (TPSA) is 12.5 Å². The number of aryl methyl sites for hydroxylation is 1. The van der Waals surface area contributed by atoms with E-state index in [1.165, 1.54) is 31.6 Å². The summed E-state index contributed by atoms with van der Waals surface area (Å²) in [6, 6.07) is 8.11. The second kappa shape index (κ2) is 9.54. The standard InChI is InChI=1S/C19H30ClNO/c1-16-13-17(2)15-21(14-16)10-4-12-22-11-3-5-18-6-8-19(20)9-7-18/h6-9,16-17H,3-5,10-15H2,1-2H3/t16-,17-/m1/s1. The summed E-state index contributed by atoms with van der Waals surface area (Å²) in [4.78, 5) is 2.61. The van der Waals surface area contributed by atoms with Crippen LogP contribution in [0.1, 0.15) is 38.7 Å². The number of rotatable bonds is 8. The summed E-state index contributed by atoms with van der Waals surface area (Å²) >= 11 is 5.88. The molecule has 0 radical (unpaired) electrons. The van der Waals surface area contributed by atoms with Crippen molar-refractivity contribution in [3.63, 3.8) is 0 Å². The van der Waals surface area contributed by atoms with Gasteiger partial charge in [-0.15, -0.1) is 0 Å². The number of likely N-dealkylation sites (tertiary alicyclic amines) is 1. The van der Waals surface area contributed by atoms with Gasteiger partial charge in [-0.25, -0.2) is 0 Å². The highest BCUT2D eigenvalue weighted by Crippen LogP contribution is 2.20. The summed E-state index contributed by atoms with van der Waals surface area (Å²) in [6.45, 7) is 10.2. The van der Waals surface area contributed by atoms with E-state index >= 15 is 0 Å². The van der Waals surface area contributed by atoms with Crippen molar-refractivity contribution in [2.45, 2.75) is 39.5 Å². The Kier molecular flexibility index (Phi) is 7.71. The molecule has 1 heterocycles. The molecule has 2 nitrogen and oxygen atoms in total. The molecular formula is C19H30ClNO. The Morgan fingerprint density at radius 2 is 1.68 bits per heavy atom. The first-order chi connectivity index (χ1) is 10.6. The molecule has 1 aliphatic rings. The van der Waals surface area contributed by atoms with Gasteiger partial charge in [-0.1, -0.05) is 37.6 Å². The van der Waals surface area contributed by atoms with Crippen LogP contribution in [0.2, 0.25) is 5.02 Å². The van der Waals surface area contributed by atoms with E-state index in [1.54, 1.807) is 0 Å². The molecule has 22 heavy (non-hydrogen) atoms. The molecule has 0 spiro atoms. The Hall–Kier alpha value is -0.570. The van der Waals surface area contributed by atoms with Gasteiger partial charge in [-0.3, -0.25) is 0 Å². The largest absolute Gasteiger partial charge is 0.381 e. The van der Waals surface area contributed by atoms with Crippen LogP contribution in [0.3, 0.4) is 0 Å². The van der Waals surface area contributed by atoms with Crippen molar-refractivity contribution in [3.8, 4) is 0 Å². The highest BCUT2D eigenvalue weighted by atomic mass is 35.5. The third kappa shape index (κ3) is 6.68. The molecule has 124 valence electrons. The summed E-state index contributed by atoms with van der Waals surface area (Å²) in [5.74, 6) is 1.70. The Morgan fingerprint density at radius 3 is 2.36 bits per heavy atom. The third-order valence-electron chi connectivity index (χ3n) is 4.37. The maximum absolute atomic E-state index is 5.88. The molecule has 0 aliphatic carbocycles. The van der Waals surface area contributed by atoms with Crippen molar-refractivity contribution >= 4 is 11.6 Å². The van der Waals surface area contributed by atoms with E-state index < -0.39 is 0 Å². The molecule has 0 bridgehead atoms. The molecule has 2 rings (SSSR count). The predicted molar refractivity (Wildman–Crippen MR) is 94.6 cm³/mol. The molecule has 1 saturated heterocycles. The lowest BCUT2D eigenvalue weighted by Crippen LogP contribution is -2.39. The third-order valence-corrected chi connectivity index (χ3v) is 4.63. The van der Waals surface area contributed by atoms with Gasteiger partial charge >= 0.3 is 0 Å². The van der Waals surface area contributed by atoms with Crippen LogP contribution in [0.25, 0.3) is 0 Å². The summed E-state index contributed by atoms with van der Waals surface area (Å²) < 4.78 is 5.77. The lowest BCUT2D eigenvalue weighted by molar-refractivity contribution is 0.0980. The fraction of sp³-hybridized carbons (Fsp3) is 0.684. The Bertz CT molecular complexity index is 410.